The van der Waals surface area contributed by atoms with Gasteiger partial charge in [-0.1, -0.05) is 27.5 Å². The molecule has 1 aliphatic rings. The number of nitrogens with one attached hydrogen (secondary N) is 1. The molecule has 150 valence electrons. The number of piperidine rings is 1. The molecule has 0 radical (unpaired) electrons. The van der Waals surface area contributed by atoms with Crippen LogP contribution in [0.15, 0.2) is 56.3 Å². The molecule has 4 rings (SSSR count). The third-order valence-electron chi connectivity index (χ3n) is 5.04. The average Bonchev–Trinajstić information content (AvgIpc) is 2.69. The van der Waals surface area contributed by atoms with Crippen molar-refractivity contribution in [1.82, 2.24) is 9.88 Å². The predicted molar refractivity (Wildman–Crippen MR) is 116 cm³/mol. The Labute approximate surface area is 181 Å². The highest BCUT2D eigenvalue weighted by atomic mass is 79.9. The fourth-order valence-corrected chi connectivity index (χ4v) is 4.12. The van der Waals surface area contributed by atoms with Gasteiger partial charge in [0.15, 0.2) is 0 Å². The number of aromatic nitrogens is 1. The lowest BCUT2D eigenvalue weighted by molar-refractivity contribution is -0.121. The summed E-state index contributed by atoms with van der Waals surface area (Å²) < 4.78 is 6.18. The number of amides is 1. The van der Waals surface area contributed by atoms with Crippen LogP contribution in [-0.2, 0) is 11.3 Å². The minimum absolute atomic E-state index is 0.0501. The monoisotopic (exact) mass is 475 g/mol. The Morgan fingerprint density at radius 1 is 1.31 bits per heavy atom. The van der Waals surface area contributed by atoms with Crippen LogP contribution in [0, 0.1) is 5.92 Å². The Kier molecular flexibility index (Phi) is 5.99. The highest BCUT2D eigenvalue weighted by Gasteiger charge is 2.26. The van der Waals surface area contributed by atoms with Crippen molar-refractivity contribution >= 4 is 50.2 Å². The van der Waals surface area contributed by atoms with Crippen LogP contribution >= 0.6 is 27.5 Å². The quantitative estimate of drug-likeness (QED) is 0.563. The van der Waals surface area contributed by atoms with Gasteiger partial charge < -0.3 is 9.73 Å². The van der Waals surface area contributed by atoms with Crippen molar-refractivity contribution < 1.29 is 9.21 Å². The van der Waals surface area contributed by atoms with Gasteiger partial charge in [-0.2, -0.15) is 0 Å². The van der Waals surface area contributed by atoms with Crippen LogP contribution in [0.3, 0.4) is 0 Å². The summed E-state index contributed by atoms with van der Waals surface area (Å²) in [6.45, 7) is 2.09. The van der Waals surface area contributed by atoms with Gasteiger partial charge in [0.05, 0.1) is 10.9 Å². The first-order valence-corrected chi connectivity index (χ1v) is 10.5. The van der Waals surface area contributed by atoms with Gasteiger partial charge in [0.1, 0.15) is 11.4 Å². The molecular weight excluding hydrogens is 458 g/mol. The third-order valence-corrected chi connectivity index (χ3v) is 5.76. The zero-order valence-corrected chi connectivity index (χ0v) is 17.9. The van der Waals surface area contributed by atoms with Crippen molar-refractivity contribution in [3.63, 3.8) is 0 Å². The summed E-state index contributed by atoms with van der Waals surface area (Å²) >= 11 is 9.25. The average molecular weight is 477 g/mol. The molecule has 1 aromatic carbocycles. The zero-order valence-electron chi connectivity index (χ0n) is 15.5. The molecule has 1 saturated heterocycles. The number of halogens is 2. The second-order valence-corrected chi connectivity index (χ2v) is 8.51. The predicted octanol–water partition coefficient (Wildman–Crippen LogP) is 4.45. The van der Waals surface area contributed by atoms with E-state index in [2.05, 4.69) is 31.1 Å². The standard InChI is InChI=1S/C21H19BrClN3O3/c22-15-3-5-17-14(8-20(27)29-18(17)9-15)12-26-7-1-2-13(11-26)21(28)25-19-6-4-16(23)10-24-19/h3-6,8-10,13H,1-2,7,11-12H2,(H,24,25,28). The van der Waals surface area contributed by atoms with Crippen LogP contribution in [0.5, 0.6) is 0 Å². The van der Waals surface area contributed by atoms with Crippen LogP contribution in [0.4, 0.5) is 5.82 Å². The molecule has 0 spiro atoms. The van der Waals surface area contributed by atoms with Gasteiger partial charge in [-0.15, -0.1) is 0 Å². The molecule has 8 heteroatoms. The number of benzene rings is 1. The Balaban J connectivity index is 1.48. The maximum Gasteiger partial charge on any atom is 0.336 e. The number of nitrogens with zero attached hydrogens (tertiary/aromatic N) is 2. The van der Waals surface area contributed by atoms with Gasteiger partial charge in [0, 0.05) is 35.2 Å². The second-order valence-electron chi connectivity index (χ2n) is 7.16. The van der Waals surface area contributed by atoms with Crippen LogP contribution in [0.25, 0.3) is 11.0 Å². The molecule has 1 amide bonds. The summed E-state index contributed by atoms with van der Waals surface area (Å²) in [6.07, 6.45) is 3.24. The van der Waals surface area contributed by atoms with Gasteiger partial charge in [-0.05, 0) is 55.3 Å². The third kappa shape index (κ3) is 4.86. The van der Waals surface area contributed by atoms with E-state index >= 15 is 0 Å². The Hall–Kier alpha value is -2.22. The molecule has 1 fully saturated rings. The first-order valence-electron chi connectivity index (χ1n) is 9.35. The summed E-state index contributed by atoms with van der Waals surface area (Å²) in [5.41, 5.74) is 1.09. The van der Waals surface area contributed by atoms with E-state index in [4.69, 9.17) is 16.0 Å². The largest absolute Gasteiger partial charge is 0.423 e. The SMILES string of the molecule is O=C(Nc1ccc(Cl)cn1)C1CCCN(Cc2cc(=O)oc3cc(Br)ccc23)C1. The van der Waals surface area contributed by atoms with Crippen LogP contribution < -0.4 is 10.9 Å². The normalized spacial score (nSPS) is 17.4. The Morgan fingerprint density at radius 2 is 2.17 bits per heavy atom. The number of pyridine rings is 1. The lowest BCUT2D eigenvalue weighted by Gasteiger charge is -2.32. The van der Waals surface area contributed by atoms with E-state index in [0.29, 0.717) is 29.5 Å². The molecule has 1 atom stereocenters. The van der Waals surface area contributed by atoms with Gasteiger partial charge in [0.2, 0.25) is 5.91 Å². The number of carbonyl (C=O) groups excluding carboxylic acids is 1. The van der Waals surface area contributed by atoms with Crippen molar-refractivity contribution in [2.45, 2.75) is 19.4 Å². The highest BCUT2D eigenvalue weighted by molar-refractivity contribution is 9.10. The maximum atomic E-state index is 12.7. The summed E-state index contributed by atoms with van der Waals surface area (Å²) in [7, 11) is 0. The van der Waals surface area contributed by atoms with E-state index in [1.165, 1.54) is 12.3 Å². The first-order chi connectivity index (χ1) is 14.0. The molecule has 1 aliphatic heterocycles. The molecule has 3 aromatic rings. The minimum Gasteiger partial charge on any atom is -0.423 e. The lowest BCUT2D eigenvalue weighted by atomic mass is 9.96. The number of fused-ring (bicyclic) bond motifs is 1. The molecule has 1 unspecified atom stereocenters. The number of hydrogen-bond acceptors (Lipinski definition) is 5. The highest BCUT2D eigenvalue weighted by Crippen LogP contribution is 2.25. The second kappa shape index (κ2) is 8.65. The van der Waals surface area contributed by atoms with Crippen molar-refractivity contribution in [3.8, 4) is 0 Å². The van der Waals surface area contributed by atoms with E-state index in [1.54, 1.807) is 18.2 Å². The van der Waals surface area contributed by atoms with Crippen molar-refractivity contribution in [2.75, 3.05) is 18.4 Å². The number of anilines is 1. The van der Waals surface area contributed by atoms with Crippen molar-refractivity contribution in [3.05, 3.63) is 68.1 Å². The molecule has 3 heterocycles. The molecule has 0 saturated carbocycles. The van der Waals surface area contributed by atoms with E-state index in [0.717, 1.165) is 34.8 Å². The number of rotatable bonds is 4. The first kappa shape index (κ1) is 20.1. The van der Waals surface area contributed by atoms with Crippen molar-refractivity contribution in [2.24, 2.45) is 5.92 Å². The molecule has 0 bridgehead atoms. The van der Waals surface area contributed by atoms with E-state index < -0.39 is 0 Å². The van der Waals surface area contributed by atoms with Crippen LogP contribution in [0.2, 0.25) is 5.02 Å². The van der Waals surface area contributed by atoms with E-state index in [1.807, 2.05) is 12.1 Å². The fraction of sp³-hybridized carbons (Fsp3) is 0.286. The van der Waals surface area contributed by atoms with Gasteiger partial charge in [-0.25, -0.2) is 9.78 Å². The minimum atomic E-state index is -0.370. The van der Waals surface area contributed by atoms with Gasteiger partial charge >= 0.3 is 5.63 Å². The fourth-order valence-electron chi connectivity index (χ4n) is 3.67. The summed E-state index contributed by atoms with van der Waals surface area (Å²) in [5.74, 6) is 0.307. The summed E-state index contributed by atoms with van der Waals surface area (Å²) in [5, 5.41) is 4.30. The zero-order chi connectivity index (χ0) is 20.4. The van der Waals surface area contributed by atoms with Gasteiger partial charge in [0.25, 0.3) is 0 Å². The Morgan fingerprint density at radius 3 is 2.97 bits per heavy atom. The molecule has 0 aliphatic carbocycles. The molecule has 2 aromatic heterocycles. The number of hydrogen-bond donors (Lipinski definition) is 1. The molecule has 1 N–H and O–H groups in total. The molecule has 29 heavy (non-hydrogen) atoms. The summed E-state index contributed by atoms with van der Waals surface area (Å²) in [6, 6.07) is 10.6. The maximum absolute atomic E-state index is 12.7. The molecular formula is C21H19BrClN3O3. The topological polar surface area (TPSA) is 75.4 Å². The lowest BCUT2D eigenvalue weighted by Crippen LogP contribution is -2.40. The van der Waals surface area contributed by atoms with E-state index in [9.17, 15) is 9.59 Å². The van der Waals surface area contributed by atoms with Crippen LogP contribution in [-0.4, -0.2) is 28.9 Å². The Bertz CT molecular complexity index is 1100. The molecule has 6 nitrogen and oxygen atoms in total. The van der Waals surface area contributed by atoms with Crippen molar-refractivity contribution in [1.29, 1.82) is 0 Å². The van der Waals surface area contributed by atoms with E-state index in [-0.39, 0.29) is 17.5 Å². The van der Waals surface area contributed by atoms with Gasteiger partial charge in [-0.3, -0.25) is 9.69 Å². The smallest absolute Gasteiger partial charge is 0.336 e. The van der Waals surface area contributed by atoms with Crippen LogP contribution in [0.1, 0.15) is 18.4 Å². The number of carbonyl (C=O) groups is 1. The summed E-state index contributed by atoms with van der Waals surface area (Å²) in [4.78, 5) is 31.0. The number of likely N-dealkylation sites (tertiary alicyclic amines) is 1.